The molecule has 0 saturated heterocycles. The molecule has 128 valence electrons. The van der Waals surface area contributed by atoms with Crippen molar-refractivity contribution in [3.8, 4) is 11.5 Å². The zero-order chi connectivity index (χ0) is 17.0. The predicted molar refractivity (Wildman–Crippen MR) is 95.4 cm³/mol. The second-order valence-electron chi connectivity index (χ2n) is 7.20. The van der Waals surface area contributed by atoms with E-state index in [-0.39, 0.29) is 12.0 Å². The van der Waals surface area contributed by atoms with E-state index in [1.165, 1.54) is 5.56 Å². The molecule has 24 heavy (non-hydrogen) atoms. The number of ether oxygens (including phenoxy) is 1. The topological polar surface area (TPSA) is 49.7 Å². The highest BCUT2D eigenvalue weighted by Crippen LogP contribution is 2.44. The fourth-order valence-corrected chi connectivity index (χ4v) is 3.57. The van der Waals surface area contributed by atoms with Gasteiger partial charge in [0.15, 0.2) is 0 Å². The van der Waals surface area contributed by atoms with Gasteiger partial charge in [-0.15, -0.1) is 0 Å². The zero-order valence-electron chi connectivity index (χ0n) is 14.2. The van der Waals surface area contributed by atoms with Crippen molar-refractivity contribution in [1.29, 1.82) is 0 Å². The maximum atomic E-state index is 10.5. The summed E-state index contributed by atoms with van der Waals surface area (Å²) in [5.74, 6) is 1.68. The molecular formula is C21H26O3. The van der Waals surface area contributed by atoms with Crippen LogP contribution in [0.3, 0.4) is 0 Å². The molecule has 2 aromatic carbocycles. The Morgan fingerprint density at radius 3 is 2.25 bits per heavy atom. The number of benzene rings is 2. The van der Waals surface area contributed by atoms with Crippen molar-refractivity contribution in [3.63, 3.8) is 0 Å². The highest BCUT2D eigenvalue weighted by atomic mass is 16.5. The van der Waals surface area contributed by atoms with E-state index in [2.05, 4.69) is 19.1 Å². The Balaban J connectivity index is 1.74. The molecule has 2 aromatic rings. The van der Waals surface area contributed by atoms with E-state index in [4.69, 9.17) is 9.84 Å². The first kappa shape index (κ1) is 17.0. The molecule has 0 unspecified atom stereocenters. The van der Waals surface area contributed by atoms with Crippen LogP contribution in [-0.4, -0.2) is 22.4 Å². The summed E-state index contributed by atoms with van der Waals surface area (Å²) in [7, 11) is 0. The van der Waals surface area contributed by atoms with Gasteiger partial charge in [-0.2, -0.15) is 0 Å². The summed E-state index contributed by atoms with van der Waals surface area (Å²) in [5, 5.41) is 19.6. The fraction of sp³-hybridized carbons (Fsp3) is 0.429. The van der Waals surface area contributed by atoms with Gasteiger partial charge in [-0.3, -0.25) is 0 Å². The molecule has 3 rings (SSSR count). The van der Waals surface area contributed by atoms with Gasteiger partial charge in [-0.25, -0.2) is 0 Å². The molecule has 0 aromatic heterocycles. The smallest absolute Gasteiger partial charge is 0.127 e. The maximum Gasteiger partial charge on any atom is 0.127 e. The normalized spacial score (nSPS) is 27.0. The molecule has 1 fully saturated rings. The lowest BCUT2D eigenvalue weighted by Crippen LogP contribution is -2.40. The molecule has 0 bridgehead atoms. The van der Waals surface area contributed by atoms with E-state index in [1.54, 1.807) is 0 Å². The Morgan fingerprint density at radius 1 is 0.917 bits per heavy atom. The van der Waals surface area contributed by atoms with Crippen molar-refractivity contribution in [2.45, 2.75) is 50.0 Å². The Kier molecular flexibility index (Phi) is 4.93. The molecule has 0 spiro atoms. The summed E-state index contributed by atoms with van der Waals surface area (Å²) in [4.78, 5) is 0. The molecule has 1 aliphatic rings. The van der Waals surface area contributed by atoms with E-state index < -0.39 is 5.60 Å². The summed E-state index contributed by atoms with van der Waals surface area (Å²) < 4.78 is 5.95. The molecule has 0 atom stereocenters. The van der Waals surface area contributed by atoms with Gasteiger partial charge in [0.05, 0.1) is 5.60 Å². The molecule has 2 N–H and O–H groups in total. The van der Waals surface area contributed by atoms with Gasteiger partial charge in [0.1, 0.15) is 11.5 Å². The molecule has 3 nitrogen and oxygen atoms in total. The highest BCUT2D eigenvalue weighted by Gasteiger charge is 2.39. The van der Waals surface area contributed by atoms with Crippen LogP contribution in [0, 0.1) is 0 Å². The van der Waals surface area contributed by atoms with Crippen molar-refractivity contribution < 1.29 is 14.9 Å². The molecule has 0 heterocycles. The van der Waals surface area contributed by atoms with Crippen LogP contribution in [0.25, 0.3) is 0 Å². The Bertz CT molecular complexity index is 658. The Hall–Kier alpha value is -1.84. The second-order valence-corrected chi connectivity index (χ2v) is 7.20. The van der Waals surface area contributed by atoms with E-state index in [0.29, 0.717) is 6.42 Å². The lowest BCUT2D eigenvalue weighted by atomic mass is 9.66. The number of hydrogen-bond acceptors (Lipinski definition) is 3. The van der Waals surface area contributed by atoms with Crippen LogP contribution in [0.4, 0.5) is 0 Å². The van der Waals surface area contributed by atoms with Crippen molar-refractivity contribution in [1.82, 2.24) is 0 Å². The third-order valence-electron chi connectivity index (χ3n) is 5.37. The van der Waals surface area contributed by atoms with E-state index in [1.807, 2.05) is 42.5 Å². The van der Waals surface area contributed by atoms with Gasteiger partial charge in [-0.05, 0) is 67.3 Å². The maximum absolute atomic E-state index is 10.5. The van der Waals surface area contributed by atoms with Crippen molar-refractivity contribution in [2.75, 3.05) is 6.61 Å². The van der Waals surface area contributed by atoms with Crippen molar-refractivity contribution in [3.05, 3.63) is 60.2 Å². The van der Waals surface area contributed by atoms with E-state index in [0.717, 1.165) is 37.2 Å². The molecule has 1 saturated carbocycles. The first-order chi connectivity index (χ1) is 11.5. The van der Waals surface area contributed by atoms with Crippen LogP contribution in [-0.2, 0) is 5.41 Å². The summed E-state index contributed by atoms with van der Waals surface area (Å²) >= 11 is 0. The quantitative estimate of drug-likeness (QED) is 0.855. The molecular weight excluding hydrogens is 300 g/mol. The van der Waals surface area contributed by atoms with Crippen LogP contribution in [0.1, 0.15) is 44.6 Å². The fourth-order valence-electron chi connectivity index (χ4n) is 3.57. The number of hydrogen-bond donors (Lipinski definition) is 2. The third kappa shape index (κ3) is 3.80. The first-order valence-electron chi connectivity index (χ1n) is 8.70. The van der Waals surface area contributed by atoms with Crippen molar-refractivity contribution in [2.24, 2.45) is 0 Å². The summed E-state index contributed by atoms with van der Waals surface area (Å²) in [6, 6.07) is 18.1. The number of para-hydroxylation sites is 1. The van der Waals surface area contributed by atoms with Crippen LogP contribution in [0.5, 0.6) is 11.5 Å². The monoisotopic (exact) mass is 326 g/mol. The van der Waals surface area contributed by atoms with E-state index >= 15 is 0 Å². The second kappa shape index (κ2) is 6.96. The van der Waals surface area contributed by atoms with E-state index in [9.17, 15) is 5.11 Å². The molecule has 0 aliphatic heterocycles. The van der Waals surface area contributed by atoms with Crippen LogP contribution in [0.15, 0.2) is 54.6 Å². The average molecular weight is 326 g/mol. The Morgan fingerprint density at radius 2 is 1.58 bits per heavy atom. The Labute approximate surface area is 143 Å². The van der Waals surface area contributed by atoms with Crippen molar-refractivity contribution >= 4 is 0 Å². The summed E-state index contributed by atoms with van der Waals surface area (Å²) in [5.41, 5.74) is 0.589. The molecule has 1 aliphatic carbocycles. The minimum atomic E-state index is -0.702. The molecule has 0 amide bonds. The van der Waals surface area contributed by atoms with Crippen LogP contribution < -0.4 is 4.74 Å². The third-order valence-corrected chi connectivity index (χ3v) is 5.37. The van der Waals surface area contributed by atoms with Gasteiger partial charge in [0, 0.05) is 6.61 Å². The SMILES string of the molecule is CC1(c2cccc(Oc3ccccc3)c2)CCC(O)(CCO)CC1. The lowest BCUT2D eigenvalue weighted by Gasteiger charge is -2.42. The van der Waals surface area contributed by atoms with Crippen LogP contribution in [0.2, 0.25) is 0 Å². The number of rotatable bonds is 5. The minimum absolute atomic E-state index is 0.0394. The predicted octanol–water partition coefficient (Wildman–Crippen LogP) is 4.42. The molecule has 0 radical (unpaired) electrons. The zero-order valence-corrected chi connectivity index (χ0v) is 14.2. The standard InChI is InChI=1S/C21H26O3/c1-20(10-12-21(23,13-11-20)14-15-22)17-6-5-9-19(16-17)24-18-7-3-2-4-8-18/h2-9,16,22-23H,10-15H2,1H3. The first-order valence-corrected chi connectivity index (χ1v) is 8.70. The lowest BCUT2D eigenvalue weighted by molar-refractivity contribution is -0.0315. The largest absolute Gasteiger partial charge is 0.457 e. The van der Waals surface area contributed by atoms with Gasteiger partial charge in [0.25, 0.3) is 0 Å². The summed E-state index contributed by atoms with van der Waals surface area (Å²) in [6.07, 6.45) is 3.76. The minimum Gasteiger partial charge on any atom is -0.457 e. The number of aliphatic hydroxyl groups is 2. The molecule has 3 heteroatoms. The summed E-state index contributed by atoms with van der Waals surface area (Å²) in [6.45, 7) is 2.31. The van der Waals surface area contributed by atoms with Gasteiger partial charge in [0.2, 0.25) is 0 Å². The van der Waals surface area contributed by atoms with Gasteiger partial charge >= 0.3 is 0 Å². The average Bonchev–Trinajstić information content (AvgIpc) is 2.59. The van der Waals surface area contributed by atoms with Gasteiger partial charge in [-0.1, -0.05) is 37.3 Å². The van der Waals surface area contributed by atoms with Crippen LogP contribution >= 0.6 is 0 Å². The van der Waals surface area contributed by atoms with Gasteiger partial charge < -0.3 is 14.9 Å². The highest BCUT2D eigenvalue weighted by molar-refractivity contribution is 5.37. The number of aliphatic hydroxyl groups excluding tert-OH is 1.